The number of benzene rings is 2. The van der Waals surface area contributed by atoms with E-state index < -0.39 is 11.6 Å². The van der Waals surface area contributed by atoms with Gasteiger partial charge in [-0.15, -0.1) is 0 Å². The van der Waals surface area contributed by atoms with Crippen molar-refractivity contribution in [1.82, 2.24) is 14.5 Å². The number of carbonyl (C=O) groups is 1. The van der Waals surface area contributed by atoms with E-state index in [1.807, 2.05) is 76.2 Å². The number of para-hydroxylation sites is 2. The minimum absolute atomic E-state index is 0.240. The highest BCUT2D eigenvalue weighted by atomic mass is 16.6. The SMILES string of the molecule is Cc1cccc(-n2c(N)c(C(=O)OC(C)(C)C)c3nc4ccccc4nc32)c1. The van der Waals surface area contributed by atoms with Crippen molar-refractivity contribution >= 4 is 34.0 Å². The Kier molecular flexibility index (Phi) is 4.07. The van der Waals surface area contributed by atoms with E-state index in [4.69, 9.17) is 20.4 Å². The maximum Gasteiger partial charge on any atom is 0.344 e. The lowest BCUT2D eigenvalue weighted by Crippen LogP contribution is -2.24. The van der Waals surface area contributed by atoms with Crippen LogP contribution in [-0.4, -0.2) is 26.1 Å². The molecule has 0 fully saturated rings. The fourth-order valence-corrected chi connectivity index (χ4v) is 3.22. The molecule has 2 heterocycles. The zero-order valence-electron chi connectivity index (χ0n) is 16.4. The fourth-order valence-electron chi connectivity index (χ4n) is 3.22. The van der Waals surface area contributed by atoms with Crippen molar-refractivity contribution in [3.63, 3.8) is 0 Å². The summed E-state index contributed by atoms with van der Waals surface area (Å²) < 4.78 is 7.36. The normalized spacial score (nSPS) is 11.9. The predicted molar refractivity (Wildman–Crippen MR) is 111 cm³/mol. The molecule has 4 aromatic rings. The van der Waals surface area contributed by atoms with Gasteiger partial charge >= 0.3 is 5.97 Å². The molecule has 2 N–H and O–H groups in total. The Labute approximate surface area is 163 Å². The number of aryl methyl sites for hydroxylation is 1. The molecule has 2 aromatic heterocycles. The Morgan fingerprint density at radius 2 is 1.71 bits per heavy atom. The number of ether oxygens (including phenoxy) is 1. The molecule has 2 aromatic carbocycles. The molecule has 6 heteroatoms. The van der Waals surface area contributed by atoms with Crippen molar-refractivity contribution in [2.45, 2.75) is 33.3 Å². The zero-order valence-corrected chi connectivity index (χ0v) is 16.4. The molecular weight excluding hydrogens is 352 g/mol. The van der Waals surface area contributed by atoms with E-state index in [1.54, 1.807) is 4.57 Å². The molecule has 0 bridgehead atoms. The van der Waals surface area contributed by atoms with Crippen molar-refractivity contribution in [3.8, 4) is 5.69 Å². The first-order valence-corrected chi connectivity index (χ1v) is 9.12. The van der Waals surface area contributed by atoms with Crippen LogP contribution >= 0.6 is 0 Å². The summed E-state index contributed by atoms with van der Waals surface area (Å²) in [7, 11) is 0. The predicted octanol–water partition coefficient (Wildman–Crippen LogP) is 4.42. The summed E-state index contributed by atoms with van der Waals surface area (Å²) in [6.45, 7) is 7.47. The van der Waals surface area contributed by atoms with Crippen LogP contribution in [0.5, 0.6) is 0 Å². The molecule has 142 valence electrons. The quantitative estimate of drug-likeness (QED) is 0.525. The zero-order chi connectivity index (χ0) is 20.1. The van der Waals surface area contributed by atoms with Crippen LogP contribution in [0.1, 0.15) is 36.7 Å². The van der Waals surface area contributed by atoms with Gasteiger partial charge in [-0.3, -0.25) is 4.57 Å². The van der Waals surface area contributed by atoms with E-state index >= 15 is 0 Å². The fraction of sp³-hybridized carbons (Fsp3) is 0.227. The van der Waals surface area contributed by atoms with Gasteiger partial charge in [-0.1, -0.05) is 24.3 Å². The molecule has 0 spiro atoms. The van der Waals surface area contributed by atoms with Crippen LogP contribution in [-0.2, 0) is 4.74 Å². The Morgan fingerprint density at radius 3 is 2.36 bits per heavy atom. The molecule has 0 unspecified atom stereocenters. The van der Waals surface area contributed by atoms with Crippen molar-refractivity contribution in [2.24, 2.45) is 0 Å². The summed E-state index contributed by atoms with van der Waals surface area (Å²) in [5.41, 5.74) is 10.3. The number of hydrogen-bond acceptors (Lipinski definition) is 5. The number of anilines is 1. The topological polar surface area (TPSA) is 83.0 Å². The standard InChI is InChI=1S/C22H22N4O2/c1-13-8-7-9-14(12-13)26-19(23)17(21(27)28-22(2,3)4)18-20(26)25-16-11-6-5-10-15(16)24-18/h5-12H,23H2,1-4H3. The second-order valence-corrected chi connectivity index (χ2v) is 7.82. The summed E-state index contributed by atoms with van der Waals surface area (Å²) in [4.78, 5) is 22.4. The van der Waals surface area contributed by atoms with Gasteiger partial charge in [0.15, 0.2) is 5.65 Å². The molecule has 6 nitrogen and oxygen atoms in total. The van der Waals surface area contributed by atoms with Crippen LogP contribution in [0.25, 0.3) is 27.9 Å². The first-order chi connectivity index (χ1) is 13.2. The molecule has 0 saturated heterocycles. The molecule has 0 radical (unpaired) electrons. The average Bonchev–Trinajstić information content (AvgIpc) is 2.89. The Balaban J connectivity index is 2.07. The Hall–Kier alpha value is -3.41. The van der Waals surface area contributed by atoms with Crippen LogP contribution in [0.3, 0.4) is 0 Å². The van der Waals surface area contributed by atoms with Gasteiger partial charge in [0, 0.05) is 5.69 Å². The molecule has 0 atom stereocenters. The van der Waals surface area contributed by atoms with E-state index in [1.165, 1.54) is 0 Å². The number of carbonyl (C=O) groups excluding carboxylic acids is 1. The molecule has 28 heavy (non-hydrogen) atoms. The summed E-state index contributed by atoms with van der Waals surface area (Å²) in [6, 6.07) is 15.4. The summed E-state index contributed by atoms with van der Waals surface area (Å²) in [6.07, 6.45) is 0. The minimum atomic E-state index is -0.647. The van der Waals surface area contributed by atoms with Crippen molar-refractivity contribution in [1.29, 1.82) is 0 Å². The van der Waals surface area contributed by atoms with Gasteiger partial charge in [0.25, 0.3) is 0 Å². The van der Waals surface area contributed by atoms with E-state index in [9.17, 15) is 4.79 Å². The first-order valence-electron chi connectivity index (χ1n) is 9.12. The second-order valence-electron chi connectivity index (χ2n) is 7.82. The second kappa shape index (κ2) is 6.34. The molecule has 0 aliphatic heterocycles. The van der Waals surface area contributed by atoms with Gasteiger partial charge in [0.2, 0.25) is 0 Å². The number of nitrogen functional groups attached to an aromatic ring is 1. The molecule has 0 aliphatic carbocycles. The molecule has 4 rings (SSSR count). The van der Waals surface area contributed by atoms with Crippen molar-refractivity contribution in [2.75, 3.05) is 5.73 Å². The van der Waals surface area contributed by atoms with Crippen LogP contribution in [0, 0.1) is 6.92 Å². The number of aromatic nitrogens is 3. The van der Waals surface area contributed by atoms with Gasteiger partial charge < -0.3 is 10.5 Å². The summed E-state index contributed by atoms with van der Waals surface area (Å²) in [5, 5.41) is 0. The van der Waals surface area contributed by atoms with Crippen LogP contribution in [0.4, 0.5) is 5.82 Å². The number of fused-ring (bicyclic) bond motifs is 2. The van der Waals surface area contributed by atoms with Gasteiger partial charge in [-0.05, 0) is 57.5 Å². The Morgan fingerprint density at radius 1 is 1.04 bits per heavy atom. The van der Waals surface area contributed by atoms with Crippen LogP contribution in [0.2, 0.25) is 0 Å². The smallest absolute Gasteiger partial charge is 0.344 e. The monoisotopic (exact) mass is 374 g/mol. The first kappa shape index (κ1) is 18.0. The maximum atomic E-state index is 13.0. The third kappa shape index (κ3) is 3.07. The number of nitrogens with zero attached hydrogens (tertiary/aromatic N) is 3. The van der Waals surface area contributed by atoms with Gasteiger partial charge in [-0.2, -0.15) is 0 Å². The van der Waals surface area contributed by atoms with Gasteiger partial charge in [-0.25, -0.2) is 14.8 Å². The highest BCUT2D eigenvalue weighted by Gasteiger charge is 2.28. The van der Waals surface area contributed by atoms with E-state index in [2.05, 4.69) is 0 Å². The number of esters is 1. The molecule has 0 aliphatic rings. The molecular formula is C22H22N4O2. The highest BCUT2D eigenvalue weighted by molar-refractivity contribution is 6.09. The average molecular weight is 374 g/mol. The Bertz CT molecular complexity index is 1220. The number of nitrogens with two attached hydrogens (primary N) is 1. The minimum Gasteiger partial charge on any atom is -0.456 e. The van der Waals surface area contributed by atoms with Crippen molar-refractivity contribution in [3.05, 3.63) is 59.7 Å². The number of rotatable bonds is 2. The van der Waals surface area contributed by atoms with E-state index in [-0.39, 0.29) is 11.4 Å². The van der Waals surface area contributed by atoms with Crippen molar-refractivity contribution < 1.29 is 9.53 Å². The van der Waals surface area contributed by atoms with Crippen LogP contribution < -0.4 is 5.73 Å². The van der Waals surface area contributed by atoms with E-state index in [0.29, 0.717) is 16.7 Å². The lowest BCUT2D eigenvalue weighted by atomic mass is 10.2. The largest absolute Gasteiger partial charge is 0.456 e. The molecule has 0 saturated carbocycles. The third-order valence-electron chi connectivity index (χ3n) is 4.36. The summed E-state index contributed by atoms with van der Waals surface area (Å²) in [5.74, 6) is -0.240. The lowest BCUT2D eigenvalue weighted by Gasteiger charge is -2.19. The lowest BCUT2D eigenvalue weighted by molar-refractivity contribution is 0.00728. The maximum absolute atomic E-state index is 13.0. The third-order valence-corrected chi connectivity index (χ3v) is 4.36. The van der Waals surface area contributed by atoms with E-state index in [0.717, 1.165) is 16.8 Å². The molecule has 0 amide bonds. The number of hydrogen-bond donors (Lipinski definition) is 1. The summed E-state index contributed by atoms with van der Waals surface area (Å²) >= 11 is 0. The van der Waals surface area contributed by atoms with Gasteiger partial charge in [0.1, 0.15) is 22.5 Å². The highest BCUT2D eigenvalue weighted by Crippen LogP contribution is 2.32. The van der Waals surface area contributed by atoms with Crippen LogP contribution in [0.15, 0.2) is 48.5 Å². The van der Waals surface area contributed by atoms with Gasteiger partial charge in [0.05, 0.1) is 11.0 Å².